The minimum Gasteiger partial charge on any atom is -0.497 e. The average molecular weight is 435 g/mol. The van der Waals surface area contributed by atoms with Gasteiger partial charge in [-0.3, -0.25) is 9.89 Å². The summed E-state index contributed by atoms with van der Waals surface area (Å²) in [5.74, 6) is 9.09. The molecule has 6 heteroatoms. The number of nitrogens with zero attached hydrogens (tertiary/aromatic N) is 2. The van der Waals surface area contributed by atoms with E-state index in [9.17, 15) is 0 Å². The molecule has 0 aliphatic carbocycles. The molecule has 32 heavy (non-hydrogen) atoms. The number of fused-ring (bicyclic) bond motifs is 1. The predicted molar refractivity (Wildman–Crippen MR) is 130 cm³/mol. The predicted octanol–water partition coefficient (Wildman–Crippen LogP) is 5.02. The van der Waals surface area contributed by atoms with Crippen molar-refractivity contribution in [3.63, 3.8) is 0 Å². The van der Waals surface area contributed by atoms with Gasteiger partial charge >= 0.3 is 0 Å². The minimum absolute atomic E-state index is 0.110. The van der Waals surface area contributed by atoms with E-state index in [1.807, 2.05) is 18.2 Å². The highest BCUT2D eigenvalue weighted by atomic mass is 16.5. The minimum atomic E-state index is -0.110. The molecule has 1 fully saturated rings. The highest BCUT2D eigenvalue weighted by molar-refractivity contribution is 5.89. The second-order valence-corrected chi connectivity index (χ2v) is 8.44. The number of furan rings is 1. The quantitative estimate of drug-likeness (QED) is 0.171. The number of nitrogens with two attached hydrogens (primary N) is 1. The van der Waals surface area contributed by atoms with E-state index in [1.54, 1.807) is 7.11 Å². The number of hydrogen-bond acceptors (Lipinski definition) is 5. The van der Waals surface area contributed by atoms with E-state index in [-0.39, 0.29) is 6.04 Å². The van der Waals surface area contributed by atoms with Gasteiger partial charge in [-0.15, -0.1) is 0 Å². The van der Waals surface area contributed by atoms with Crippen LogP contribution in [0.1, 0.15) is 55.9 Å². The Balaban J connectivity index is 1.56. The fourth-order valence-corrected chi connectivity index (χ4v) is 4.56. The summed E-state index contributed by atoms with van der Waals surface area (Å²) in [4.78, 5) is 7.26. The van der Waals surface area contributed by atoms with Crippen LogP contribution in [0.5, 0.6) is 5.75 Å². The Morgan fingerprint density at radius 3 is 2.59 bits per heavy atom. The lowest BCUT2D eigenvalue weighted by Crippen LogP contribution is -2.46. The molecule has 0 amide bonds. The molecule has 0 saturated carbocycles. The maximum atomic E-state index is 6.28. The first-order valence-corrected chi connectivity index (χ1v) is 11.6. The SMILES string of the molecule is CCCCN=C(NN)C(c1cc2ccccc2o1)N1CCC(c2ccc(OC)cc2)CC1. The molecule has 6 nitrogen and oxygen atoms in total. The van der Waals surface area contributed by atoms with Crippen LogP contribution in [0, 0.1) is 0 Å². The molecule has 0 bridgehead atoms. The fraction of sp³-hybridized carbons (Fsp3) is 0.423. The number of rotatable bonds is 8. The molecular weight excluding hydrogens is 400 g/mol. The van der Waals surface area contributed by atoms with Gasteiger partial charge < -0.3 is 14.6 Å². The van der Waals surface area contributed by atoms with Crippen LogP contribution in [0.25, 0.3) is 11.0 Å². The number of piperidine rings is 1. The lowest BCUT2D eigenvalue weighted by atomic mass is 9.88. The standard InChI is InChI=1S/C26H34N4O2/c1-3-4-15-28-26(29-27)25(24-18-21-7-5-6-8-23(21)32-24)30-16-13-20(14-17-30)19-9-11-22(31-2)12-10-19/h5-12,18,20,25H,3-4,13-17,27H2,1-2H3,(H,28,29). The van der Waals surface area contributed by atoms with Crippen molar-refractivity contribution in [1.82, 2.24) is 10.3 Å². The molecule has 3 aromatic rings. The van der Waals surface area contributed by atoms with Crippen molar-refractivity contribution < 1.29 is 9.15 Å². The van der Waals surface area contributed by atoms with Crippen LogP contribution >= 0.6 is 0 Å². The molecule has 2 heterocycles. The molecular formula is C26H34N4O2. The van der Waals surface area contributed by atoms with Gasteiger partial charge in [0.15, 0.2) is 0 Å². The molecule has 1 atom stereocenters. The van der Waals surface area contributed by atoms with Crippen LogP contribution in [0.3, 0.4) is 0 Å². The smallest absolute Gasteiger partial charge is 0.136 e. The molecule has 1 aliphatic rings. The van der Waals surface area contributed by atoms with E-state index in [1.165, 1.54) is 5.56 Å². The van der Waals surface area contributed by atoms with Gasteiger partial charge in [-0.2, -0.15) is 0 Å². The van der Waals surface area contributed by atoms with Crippen molar-refractivity contribution in [2.45, 2.75) is 44.6 Å². The summed E-state index contributed by atoms with van der Waals surface area (Å²) in [7, 11) is 1.71. The molecule has 3 N–H and O–H groups in total. The highest BCUT2D eigenvalue weighted by Crippen LogP contribution is 2.35. The number of ether oxygens (including phenoxy) is 1. The zero-order valence-electron chi connectivity index (χ0n) is 19.1. The molecule has 2 aromatic carbocycles. The molecule has 1 saturated heterocycles. The van der Waals surface area contributed by atoms with Crippen molar-refractivity contribution >= 4 is 16.8 Å². The summed E-state index contributed by atoms with van der Waals surface area (Å²) in [5.41, 5.74) is 5.16. The second-order valence-electron chi connectivity index (χ2n) is 8.44. The molecule has 0 spiro atoms. The summed E-state index contributed by atoms with van der Waals surface area (Å²) >= 11 is 0. The summed E-state index contributed by atoms with van der Waals surface area (Å²) in [6.07, 6.45) is 4.30. The van der Waals surface area contributed by atoms with Crippen LogP contribution < -0.4 is 16.0 Å². The molecule has 170 valence electrons. The number of likely N-dealkylation sites (tertiary alicyclic amines) is 1. The van der Waals surface area contributed by atoms with E-state index in [4.69, 9.17) is 20.0 Å². The van der Waals surface area contributed by atoms with Crippen molar-refractivity contribution in [3.8, 4) is 5.75 Å². The molecule has 0 radical (unpaired) electrons. The Morgan fingerprint density at radius 2 is 1.94 bits per heavy atom. The van der Waals surface area contributed by atoms with E-state index >= 15 is 0 Å². The Labute approximate surface area is 190 Å². The fourth-order valence-electron chi connectivity index (χ4n) is 4.56. The third-order valence-electron chi connectivity index (χ3n) is 6.40. The third-order valence-corrected chi connectivity index (χ3v) is 6.40. The maximum absolute atomic E-state index is 6.28. The van der Waals surface area contributed by atoms with Crippen LogP contribution in [-0.4, -0.2) is 37.5 Å². The van der Waals surface area contributed by atoms with Gasteiger partial charge in [0.1, 0.15) is 29.0 Å². The van der Waals surface area contributed by atoms with Gasteiger partial charge in [0.25, 0.3) is 0 Å². The number of hydrazine groups is 1. The summed E-state index contributed by atoms with van der Waals surface area (Å²) in [5, 5.41) is 1.10. The largest absolute Gasteiger partial charge is 0.497 e. The number of amidine groups is 1. The maximum Gasteiger partial charge on any atom is 0.136 e. The van der Waals surface area contributed by atoms with Crippen molar-refractivity contribution in [2.75, 3.05) is 26.7 Å². The van der Waals surface area contributed by atoms with Crippen molar-refractivity contribution in [2.24, 2.45) is 10.8 Å². The monoisotopic (exact) mass is 434 g/mol. The van der Waals surface area contributed by atoms with Gasteiger partial charge in [-0.1, -0.05) is 43.7 Å². The molecule has 1 aliphatic heterocycles. The van der Waals surface area contributed by atoms with E-state index in [0.29, 0.717) is 5.92 Å². The summed E-state index contributed by atoms with van der Waals surface area (Å²) < 4.78 is 11.6. The van der Waals surface area contributed by atoms with E-state index in [0.717, 1.165) is 73.6 Å². The van der Waals surface area contributed by atoms with Gasteiger partial charge in [-0.25, -0.2) is 5.84 Å². The van der Waals surface area contributed by atoms with Crippen LogP contribution in [0.2, 0.25) is 0 Å². The first-order valence-electron chi connectivity index (χ1n) is 11.6. The third kappa shape index (κ3) is 4.97. The average Bonchev–Trinajstić information content (AvgIpc) is 3.27. The number of nitrogens with one attached hydrogen (secondary N) is 1. The van der Waals surface area contributed by atoms with Gasteiger partial charge in [0, 0.05) is 11.9 Å². The lowest BCUT2D eigenvalue weighted by molar-refractivity contribution is 0.172. The summed E-state index contributed by atoms with van der Waals surface area (Å²) in [6.45, 7) is 4.83. The topological polar surface area (TPSA) is 76.0 Å². The van der Waals surface area contributed by atoms with Gasteiger partial charge in [0.05, 0.1) is 7.11 Å². The molecule has 1 unspecified atom stereocenters. The van der Waals surface area contributed by atoms with E-state index in [2.05, 4.69) is 53.6 Å². The normalized spacial score (nSPS) is 16.9. The lowest BCUT2D eigenvalue weighted by Gasteiger charge is -2.37. The number of methoxy groups -OCH3 is 1. The number of para-hydroxylation sites is 1. The first-order chi connectivity index (χ1) is 15.7. The zero-order chi connectivity index (χ0) is 22.3. The Bertz CT molecular complexity index is 987. The van der Waals surface area contributed by atoms with Crippen molar-refractivity contribution in [1.29, 1.82) is 0 Å². The Hall–Kier alpha value is -2.83. The second kappa shape index (κ2) is 10.7. The van der Waals surface area contributed by atoms with Gasteiger partial charge in [0.2, 0.25) is 0 Å². The van der Waals surface area contributed by atoms with Gasteiger partial charge in [-0.05, 0) is 68.1 Å². The Morgan fingerprint density at radius 1 is 1.19 bits per heavy atom. The number of hydrogen-bond donors (Lipinski definition) is 2. The van der Waals surface area contributed by atoms with Crippen LogP contribution in [0.4, 0.5) is 0 Å². The molecule has 4 rings (SSSR count). The molecule has 1 aromatic heterocycles. The number of unbranched alkanes of at least 4 members (excludes halogenated alkanes) is 1. The summed E-state index contributed by atoms with van der Waals surface area (Å²) in [6, 6.07) is 18.6. The first kappa shape index (κ1) is 22.4. The van der Waals surface area contributed by atoms with Crippen molar-refractivity contribution in [3.05, 3.63) is 65.9 Å². The number of aliphatic imine (C=N–C) groups is 1. The van der Waals surface area contributed by atoms with Crippen LogP contribution in [-0.2, 0) is 0 Å². The number of benzene rings is 2. The van der Waals surface area contributed by atoms with Crippen LogP contribution in [0.15, 0.2) is 64.0 Å². The highest BCUT2D eigenvalue weighted by Gasteiger charge is 2.32. The van der Waals surface area contributed by atoms with E-state index < -0.39 is 0 Å². The Kier molecular flexibility index (Phi) is 7.45. The zero-order valence-corrected chi connectivity index (χ0v) is 19.1.